The third-order valence-corrected chi connectivity index (χ3v) is 2.98. The van der Waals surface area contributed by atoms with Crippen LogP contribution in [0.5, 0.6) is 5.75 Å². The zero-order valence-corrected chi connectivity index (χ0v) is 11.2. The Kier molecular flexibility index (Phi) is 3.41. The van der Waals surface area contributed by atoms with Gasteiger partial charge in [-0.3, -0.25) is 10.0 Å². The number of hydrogen-bond acceptors (Lipinski definition) is 6. The zero-order chi connectivity index (χ0) is 15.7. The lowest BCUT2D eigenvalue weighted by molar-refractivity contribution is -0.274. The highest BCUT2D eigenvalue weighted by atomic mass is 19.4. The molecule has 0 radical (unpaired) electrons. The quantitative estimate of drug-likeness (QED) is 0.833. The lowest BCUT2D eigenvalue weighted by atomic mass is 10.2. The molecule has 3 rings (SSSR count). The van der Waals surface area contributed by atoms with E-state index in [4.69, 9.17) is 5.84 Å². The van der Waals surface area contributed by atoms with E-state index in [1.807, 2.05) is 0 Å². The van der Waals surface area contributed by atoms with Crippen molar-refractivity contribution in [3.8, 4) is 5.75 Å². The van der Waals surface area contributed by atoms with Gasteiger partial charge < -0.3 is 10.2 Å². The van der Waals surface area contributed by atoms with E-state index in [1.165, 1.54) is 29.5 Å². The summed E-state index contributed by atoms with van der Waals surface area (Å²) in [5.41, 5.74) is 5.05. The van der Waals surface area contributed by atoms with E-state index in [0.717, 1.165) is 5.70 Å². The van der Waals surface area contributed by atoms with Gasteiger partial charge in [0.2, 0.25) is 0 Å². The van der Waals surface area contributed by atoms with Gasteiger partial charge >= 0.3 is 6.36 Å². The fourth-order valence-electron chi connectivity index (χ4n) is 2.12. The summed E-state index contributed by atoms with van der Waals surface area (Å²) >= 11 is 0. The Labute approximate surface area is 123 Å². The van der Waals surface area contributed by atoms with Crippen LogP contribution in [0.4, 0.5) is 13.2 Å². The molecule has 0 saturated heterocycles. The minimum absolute atomic E-state index is 0.256. The summed E-state index contributed by atoms with van der Waals surface area (Å²) in [5.74, 6) is 5.36. The first kappa shape index (κ1) is 14.3. The molecule has 0 saturated carbocycles. The molecule has 1 aromatic carbocycles. The van der Waals surface area contributed by atoms with E-state index in [2.05, 4.69) is 15.2 Å². The summed E-state index contributed by atoms with van der Waals surface area (Å²) in [6.07, 6.45) is 0.0957. The molecule has 116 valence electrons. The van der Waals surface area contributed by atoms with Crippen molar-refractivity contribution in [2.24, 2.45) is 10.8 Å². The van der Waals surface area contributed by atoms with Crippen LogP contribution in [-0.2, 0) is 6.54 Å². The van der Waals surface area contributed by atoms with Gasteiger partial charge in [0.1, 0.15) is 23.5 Å². The molecule has 2 aliphatic rings. The zero-order valence-electron chi connectivity index (χ0n) is 11.2. The van der Waals surface area contributed by atoms with Gasteiger partial charge in [-0.2, -0.15) is 0 Å². The number of ether oxygens (including phenoxy) is 1. The van der Waals surface area contributed by atoms with Gasteiger partial charge in [0.05, 0.1) is 6.54 Å². The third kappa shape index (κ3) is 3.14. The van der Waals surface area contributed by atoms with E-state index in [-0.39, 0.29) is 5.75 Å². The Balaban J connectivity index is 1.73. The normalized spacial score (nSPS) is 16.9. The summed E-state index contributed by atoms with van der Waals surface area (Å²) in [6, 6.07) is 5.79. The lowest BCUT2D eigenvalue weighted by Crippen LogP contribution is -2.33. The summed E-state index contributed by atoms with van der Waals surface area (Å²) in [7, 11) is 0. The topological polar surface area (TPSA) is 66.1 Å². The fraction of sp³-hybridized carbons (Fsp3) is 0.154. The number of aliphatic imine (C=N–C) groups is 1. The van der Waals surface area contributed by atoms with Crippen LogP contribution in [0, 0.1) is 0 Å². The molecule has 0 aliphatic carbocycles. The van der Waals surface area contributed by atoms with Gasteiger partial charge in [0, 0.05) is 12.4 Å². The first-order valence-electron chi connectivity index (χ1n) is 6.29. The average molecular weight is 311 g/mol. The smallest absolute Gasteiger partial charge is 0.406 e. The highest BCUT2D eigenvalue weighted by Gasteiger charge is 2.31. The number of alkyl halides is 3. The second-order valence-corrected chi connectivity index (χ2v) is 4.65. The molecule has 0 unspecified atom stereocenters. The number of rotatable bonds is 3. The van der Waals surface area contributed by atoms with Gasteiger partial charge in [0.25, 0.3) is 0 Å². The van der Waals surface area contributed by atoms with Crippen LogP contribution < -0.4 is 16.0 Å². The van der Waals surface area contributed by atoms with Gasteiger partial charge in [0.15, 0.2) is 0 Å². The molecular formula is C13H12F3N5O. The van der Waals surface area contributed by atoms with E-state index in [0.29, 0.717) is 17.8 Å². The number of hydrogen-bond donors (Lipinski definition) is 2. The SMILES string of the molecule is NN1C=NC2=CNN(Cc3cccc(OC(F)(F)F)c3)C2=C1. The van der Waals surface area contributed by atoms with Crippen LogP contribution in [0.1, 0.15) is 5.56 Å². The molecule has 2 heterocycles. The number of nitrogens with two attached hydrogens (primary N) is 1. The minimum atomic E-state index is -4.71. The fourth-order valence-corrected chi connectivity index (χ4v) is 2.12. The van der Waals surface area contributed by atoms with Crippen molar-refractivity contribution in [2.75, 3.05) is 0 Å². The summed E-state index contributed by atoms with van der Waals surface area (Å²) < 4.78 is 40.6. The molecule has 9 heteroatoms. The second-order valence-electron chi connectivity index (χ2n) is 4.65. The third-order valence-electron chi connectivity index (χ3n) is 2.98. The summed E-state index contributed by atoms with van der Waals surface area (Å²) in [6.45, 7) is 0.324. The van der Waals surface area contributed by atoms with Crippen molar-refractivity contribution >= 4 is 6.34 Å². The Morgan fingerprint density at radius 3 is 2.91 bits per heavy atom. The Morgan fingerprint density at radius 1 is 1.32 bits per heavy atom. The molecule has 2 aliphatic heterocycles. The van der Waals surface area contributed by atoms with Crippen molar-refractivity contribution in [1.82, 2.24) is 15.4 Å². The molecule has 0 spiro atoms. The van der Waals surface area contributed by atoms with Crippen LogP contribution in [0.25, 0.3) is 0 Å². The van der Waals surface area contributed by atoms with Crippen LogP contribution in [0.15, 0.2) is 53.1 Å². The van der Waals surface area contributed by atoms with Crippen LogP contribution in [-0.4, -0.2) is 22.7 Å². The number of halogens is 3. The van der Waals surface area contributed by atoms with Crippen molar-refractivity contribution < 1.29 is 17.9 Å². The summed E-state index contributed by atoms with van der Waals surface area (Å²) in [4.78, 5) is 4.12. The maximum Gasteiger partial charge on any atom is 0.573 e. The lowest BCUT2D eigenvalue weighted by Gasteiger charge is -2.24. The largest absolute Gasteiger partial charge is 0.573 e. The minimum Gasteiger partial charge on any atom is -0.406 e. The van der Waals surface area contributed by atoms with Gasteiger partial charge in [-0.05, 0) is 17.7 Å². The van der Waals surface area contributed by atoms with E-state index < -0.39 is 6.36 Å². The molecular weight excluding hydrogens is 299 g/mol. The number of nitrogens with zero attached hydrogens (tertiary/aromatic N) is 3. The maximum absolute atomic E-state index is 12.2. The molecule has 0 amide bonds. The van der Waals surface area contributed by atoms with Gasteiger partial charge in [-0.1, -0.05) is 12.1 Å². The average Bonchev–Trinajstić information content (AvgIpc) is 2.80. The Hall–Kier alpha value is -2.68. The van der Waals surface area contributed by atoms with Crippen LogP contribution in [0.2, 0.25) is 0 Å². The number of fused-ring (bicyclic) bond motifs is 1. The van der Waals surface area contributed by atoms with Crippen LogP contribution >= 0.6 is 0 Å². The Morgan fingerprint density at radius 2 is 2.14 bits per heavy atom. The van der Waals surface area contributed by atoms with Gasteiger partial charge in [-0.25, -0.2) is 10.8 Å². The molecule has 0 aromatic heterocycles. The van der Waals surface area contributed by atoms with E-state index in [1.54, 1.807) is 23.5 Å². The maximum atomic E-state index is 12.2. The van der Waals surface area contributed by atoms with E-state index in [9.17, 15) is 13.2 Å². The van der Waals surface area contributed by atoms with E-state index >= 15 is 0 Å². The molecule has 0 fully saturated rings. The van der Waals surface area contributed by atoms with Crippen molar-refractivity contribution in [3.05, 3.63) is 53.6 Å². The second kappa shape index (κ2) is 5.26. The first-order chi connectivity index (χ1) is 10.4. The van der Waals surface area contributed by atoms with Crippen molar-refractivity contribution in [3.63, 3.8) is 0 Å². The highest BCUT2D eigenvalue weighted by Crippen LogP contribution is 2.27. The molecule has 0 atom stereocenters. The number of hydrazine groups is 2. The van der Waals surface area contributed by atoms with Crippen LogP contribution in [0.3, 0.4) is 0 Å². The Bertz CT molecular complexity index is 668. The predicted octanol–water partition coefficient (Wildman–Crippen LogP) is 1.81. The predicted molar refractivity (Wildman–Crippen MR) is 72.5 cm³/mol. The van der Waals surface area contributed by atoms with Crippen molar-refractivity contribution in [1.29, 1.82) is 0 Å². The van der Waals surface area contributed by atoms with Crippen molar-refractivity contribution in [2.45, 2.75) is 12.9 Å². The highest BCUT2D eigenvalue weighted by molar-refractivity contribution is 5.62. The first-order valence-corrected chi connectivity index (χ1v) is 6.29. The standard InChI is InChI=1S/C13H12F3N5O/c14-13(15,16)22-10-3-1-2-9(4-10)6-21-12-7-20(17)8-18-11(12)5-19-21/h1-5,7-8,19H,6,17H2. The molecule has 22 heavy (non-hydrogen) atoms. The number of benzene rings is 1. The summed E-state index contributed by atoms with van der Waals surface area (Å²) in [5, 5.41) is 3.02. The molecule has 3 N–H and O–H groups in total. The molecule has 1 aromatic rings. The van der Waals surface area contributed by atoms with Gasteiger partial charge in [-0.15, -0.1) is 13.2 Å². The molecule has 0 bridgehead atoms. The monoisotopic (exact) mass is 311 g/mol. The molecule has 6 nitrogen and oxygen atoms in total. The number of nitrogens with one attached hydrogen (secondary N) is 1.